The molecule has 0 atom stereocenters. The van der Waals surface area contributed by atoms with Crippen molar-refractivity contribution < 1.29 is 27.9 Å². The van der Waals surface area contributed by atoms with Gasteiger partial charge in [-0.1, -0.05) is 29.8 Å². The van der Waals surface area contributed by atoms with Crippen LogP contribution in [0.4, 0.5) is 5.69 Å². The summed E-state index contributed by atoms with van der Waals surface area (Å²) in [5, 5.41) is 11.2. The second-order valence-electron chi connectivity index (χ2n) is 5.58. The lowest BCUT2D eigenvalue weighted by Crippen LogP contribution is -2.31. The van der Waals surface area contributed by atoms with E-state index in [-0.39, 0.29) is 26.9 Å². The molecule has 0 aliphatic carbocycles. The largest absolute Gasteiger partial charge is 0.545 e. The number of ether oxygens (including phenoxy) is 1. The molecule has 0 saturated heterocycles. The van der Waals surface area contributed by atoms with Crippen LogP contribution in [0.15, 0.2) is 41.3 Å². The van der Waals surface area contributed by atoms with E-state index in [0.29, 0.717) is 5.56 Å². The van der Waals surface area contributed by atoms with Crippen LogP contribution < -0.4 is 19.9 Å². The Morgan fingerprint density at radius 1 is 1.26 bits per heavy atom. The van der Waals surface area contributed by atoms with Crippen molar-refractivity contribution in [2.24, 2.45) is 5.73 Å². The lowest BCUT2D eigenvalue weighted by atomic mass is 10.2. The van der Waals surface area contributed by atoms with E-state index in [1.165, 1.54) is 37.4 Å². The van der Waals surface area contributed by atoms with E-state index >= 15 is 0 Å². The molecule has 0 radical (unpaired) electrons. The number of carbonyl (C=O) groups excluding carboxylic acids is 2. The number of carbonyl (C=O) groups is 2. The predicted molar refractivity (Wildman–Crippen MR) is 97.2 cm³/mol. The molecule has 0 unspecified atom stereocenters. The van der Waals surface area contributed by atoms with Crippen LogP contribution in [0.1, 0.15) is 15.9 Å². The number of carboxylic acids is 1. The number of sulfonamides is 1. The Morgan fingerprint density at radius 2 is 1.89 bits per heavy atom. The third-order valence-electron chi connectivity index (χ3n) is 3.70. The zero-order valence-electron chi connectivity index (χ0n) is 14.4. The van der Waals surface area contributed by atoms with Gasteiger partial charge in [-0.2, -0.15) is 0 Å². The first-order valence-corrected chi connectivity index (χ1v) is 9.38. The number of nitrogens with zero attached hydrogens (tertiary/aromatic N) is 1. The highest BCUT2D eigenvalue weighted by Crippen LogP contribution is 2.33. The molecular formula is C17H16ClN2O6S-. The lowest BCUT2D eigenvalue weighted by molar-refractivity contribution is -0.254. The van der Waals surface area contributed by atoms with Gasteiger partial charge in [0.1, 0.15) is 10.6 Å². The number of benzene rings is 2. The molecule has 2 aromatic rings. The van der Waals surface area contributed by atoms with Crippen molar-refractivity contribution in [3.05, 3.63) is 52.5 Å². The van der Waals surface area contributed by atoms with E-state index in [9.17, 15) is 23.1 Å². The number of rotatable bonds is 7. The monoisotopic (exact) mass is 411 g/mol. The summed E-state index contributed by atoms with van der Waals surface area (Å²) in [4.78, 5) is 21.9. The first-order chi connectivity index (χ1) is 12.6. The SMILES string of the molecule is Cc1cc(Cl)c(S(=O)(=O)N(C)c2ccccc2C(=O)[O-])cc1OCC(N)=O. The van der Waals surface area contributed by atoms with Crippen LogP contribution in [0.5, 0.6) is 5.75 Å². The van der Waals surface area contributed by atoms with Gasteiger partial charge in [0, 0.05) is 18.7 Å². The molecule has 0 aromatic heterocycles. The summed E-state index contributed by atoms with van der Waals surface area (Å²) in [7, 11) is -3.05. The molecule has 0 spiro atoms. The molecule has 1 amide bonds. The Kier molecular flexibility index (Phi) is 5.97. The standard InChI is InChI=1S/C17H17ClN2O6S/c1-10-7-12(18)15(8-14(10)26-9-16(19)21)27(24,25)20(2)13-6-4-3-5-11(13)17(22)23/h3-8H,9H2,1-2H3,(H2,19,21)(H,22,23)/p-1. The fourth-order valence-electron chi connectivity index (χ4n) is 2.33. The minimum atomic E-state index is -4.24. The summed E-state index contributed by atoms with van der Waals surface area (Å²) in [6, 6.07) is 8.02. The average molecular weight is 412 g/mol. The van der Waals surface area contributed by atoms with Crippen LogP contribution in [0, 0.1) is 6.92 Å². The number of halogens is 1. The topological polar surface area (TPSA) is 130 Å². The normalized spacial score (nSPS) is 11.1. The molecule has 144 valence electrons. The number of para-hydroxylation sites is 1. The third kappa shape index (κ3) is 4.32. The minimum absolute atomic E-state index is 0.0864. The number of hydrogen-bond acceptors (Lipinski definition) is 6. The quantitative estimate of drug-likeness (QED) is 0.713. The summed E-state index contributed by atoms with van der Waals surface area (Å²) in [5.41, 5.74) is 5.15. The van der Waals surface area contributed by atoms with Crippen LogP contribution >= 0.6 is 11.6 Å². The molecule has 0 fully saturated rings. The zero-order chi connectivity index (χ0) is 20.4. The maximum Gasteiger partial charge on any atom is 0.265 e. The lowest BCUT2D eigenvalue weighted by Gasteiger charge is -2.23. The highest BCUT2D eigenvalue weighted by Gasteiger charge is 2.27. The van der Waals surface area contributed by atoms with E-state index in [2.05, 4.69) is 0 Å². The van der Waals surface area contributed by atoms with Crippen LogP contribution in [0.3, 0.4) is 0 Å². The number of anilines is 1. The van der Waals surface area contributed by atoms with Crippen molar-refractivity contribution in [2.45, 2.75) is 11.8 Å². The Labute approximate surface area is 161 Å². The number of amides is 1. The van der Waals surface area contributed by atoms with Crippen molar-refractivity contribution in [3.63, 3.8) is 0 Å². The van der Waals surface area contributed by atoms with Crippen molar-refractivity contribution in [1.82, 2.24) is 0 Å². The number of hydrogen-bond donors (Lipinski definition) is 1. The summed E-state index contributed by atoms with van der Waals surface area (Å²) < 4.78 is 32.0. The number of nitrogens with two attached hydrogens (primary N) is 1. The average Bonchev–Trinajstić information content (AvgIpc) is 2.59. The fourth-order valence-corrected chi connectivity index (χ4v) is 4.12. The molecule has 2 rings (SSSR count). The van der Waals surface area contributed by atoms with Gasteiger partial charge in [0.15, 0.2) is 6.61 Å². The van der Waals surface area contributed by atoms with Crippen molar-refractivity contribution in [1.29, 1.82) is 0 Å². The predicted octanol–water partition coefficient (Wildman–Crippen LogP) is 0.701. The van der Waals surface area contributed by atoms with Gasteiger partial charge in [0.05, 0.1) is 16.7 Å². The van der Waals surface area contributed by atoms with E-state index in [1.807, 2.05) is 0 Å². The second kappa shape index (κ2) is 7.85. The van der Waals surface area contributed by atoms with Crippen LogP contribution in [0.25, 0.3) is 0 Å². The molecule has 2 aromatic carbocycles. The van der Waals surface area contributed by atoms with E-state index in [0.717, 1.165) is 10.4 Å². The summed E-state index contributed by atoms with van der Waals surface area (Å²) in [6.45, 7) is 1.18. The van der Waals surface area contributed by atoms with Gasteiger partial charge in [-0.3, -0.25) is 9.10 Å². The maximum absolute atomic E-state index is 13.0. The fraction of sp³-hybridized carbons (Fsp3) is 0.176. The van der Waals surface area contributed by atoms with Gasteiger partial charge in [-0.15, -0.1) is 0 Å². The highest BCUT2D eigenvalue weighted by atomic mass is 35.5. The molecule has 0 aliphatic rings. The zero-order valence-corrected chi connectivity index (χ0v) is 16.0. The smallest absolute Gasteiger partial charge is 0.265 e. The van der Waals surface area contributed by atoms with Gasteiger partial charge < -0.3 is 20.4 Å². The molecule has 10 heteroatoms. The maximum atomic E-state index is 13.0. The van der Waals surface area contributed by atoms with Gasteiger partial charge in [0.2, 0.25) is 0 Å². The van der Waals surface area contributed by atoms with Gasteiger partial charge in [0.25, 0.3) is 15.9 Å². The van der Waals surface area contributed by atoms with Crippen molar-refractivity contribution in [2.75, 3.05) is 18.0 Å². The molecule has 27 heavy (non-hydrogen) atoms. The number of carboxylic acid groups (broad SMARTS) is 1. The van der Waals surface area contributed by atoms with E-state index < -0.39 is 28.5 Å². The molecule has 0 heterocycles. The molecule has 8 nitrogen and oxygen atoms in total. The summed E-state index contributed by atoms with van der Waals surface area (Å²) in [6.07, 6.45) is 0. The molecule has 0 saturated carbocycles. The number of primary amides is 1. The van der Waals surface area contributed by atoms with Gasteiger partial charge in [-0.05, 0) is 24.6 Å². The van der Waals surface area contributed by atoms with Crippen molar-refractivity contribution >= 4 is 39.2 Å². The van der Waals surface area contributed by atoms with Crippen molar-refractivity contribution in [3.8, 4) is 5.75 Å². The number of aromatic carboxylic acids is 1. The highest BCUT2D eigenvalue weighted by molar-refractivity contribution is 7.93. The van der Waals surface area contributed by atoms with Crippen LogP contribution in [0.2, 0.25) is 5.02 Å². The summed E-state index contributed by atoms with van der Waals surface area (Å²) >= 11 is 6.10. The number of aryl methyl sites for hydroxylation is 1. The first-order valence-electron chi connectivity index (χ1n) is 7.56. The molecular weight excluding hydrogens is 396 g/mol. The second-order valence-corrected chi connectivity index (χ2v) is 7.93. The Balaban J connectivity index is 2.54. The minimum Gasteiger partial charge on any atom is -0.545 e. The first kappa shape index (κ1) is 20.5. The van der Waals surface area contributed by atoms with E-state index in [1.54, 1.807) is 6.92 Å². The van der Waals surface area contributed by atoms with Gasteiger partial charge >= 0.3 is 0 Å². The Morgan fingerprint density at radius 3 is 2.48 bits per heavy atom. The Hall–Kier alpha value is -2.78. The van der Waals surface area contributed by atoms with E-state index in [4.69, 9.17) is 22.1 Å². The van der Waals surface area contributed by atoms with Crippen LogP contribution in [-0.4, -0.2) is 33.9 Å². The molecule has 0 bridgehead atoms. The van der Waals surface area contributed by atoms with Crippen LogP contribution in [-0.2, 0) is 14.8 Å². The third-order valence-corrected chi connectivity index (χ3v) is 5.94. The van der Waals surface area contributed by atoms with Gasteiger partial charge in [-0.25, -0.2) is 8.42 Å². The molecule has 0 aliphatic heterocycles. The Bertz CT molecular complexity index is 1010. The molecule has 2 N–H and O–H groups in total. The summed E-state index contributed by atoms with van der Waals surface area (Å²) in [5.74, 6) is -2.14.